The van der Waals surface area contributed by atoms with E-state index in [2.05, 4.69) is 5.32 Å². The van der Waals surface area contributed by atoms with E-state index in [-0.39, 0.29) is 22.2 Å². The van der Waals surface area contributed by atoms with Crippen LogP contribution in [0.3, 0.4) is 0 Å². The number of esters is 1. The number of ether oxygens (including phenoxy) is 2. The van der Waals surface area contributed by atoms with Crippen molar-refractivity contribution in [2.75, 3.05) is 19.0 Å². The average molecular weight is 402 g/mol. The number of carbonyl (C=O) groups is 2. The van der Waals surface area contributed by atoms with E-state index in [0.29, 0.717) is 16.5 Å². The summed E-state index contributed by atoms with van der Waals surface area (Å²) in [6.07, 6.45) is 0. The maximum absolute atomic E-state index is 12.5. The van der Waals surface area contributed by atoms with Gasteiger partial charge in [-0.2, -0.15) is 8.78 Å². The Morgan fingerprint density at radius 3 is 2.65 bits per heavy atom. The first-order chi connectivity index (χ1) is 12.4. The molecule has 0 aliphatic carbocycles. The number of thioether (sulfide) groups is 1. The normalized spacial score (nSPS) is 10.5. The predicted molar refractivity (Wildman–Crippen MR) is 95.2 cm³/mol. The molecule has 0 bridgehead atoms. The van der Waals surface area contributed by atoms with Gasteiger partial charge in [-0.3, -0.25) is 4.79 Å². The van der Waals surface area contributed by atoms with Gasteiger partial charge < -0.3 is 14.8 Å². The third-order valence-electron chi connectivity index (χ3n) is 3.09. The lowest BCUT2D eigenvalue weighted by atomic mass is 10.2. The largest absolute Gasteiger partial charge is 0.495 e. The van der Waals surface area contributed by atoms with Crippen molar-refractivity contribution >= 4 is 40.9 Å². The fourth-order valence-electron chi connectivity index (χ4n) is 2.01. The van der Waals surface area contributed by atoms with Crippen molar-refractivity contribution in [2.24, 2.45) is 0 Å². The first-order valence-corrected chi connectivity index (χ1v) is 8.51. The number of benzene rings is 2. The highest BCUT2D eigenvalue weighted by Gasteiger charge is 2.18. The molecule has 0 atom stereocenters. The van der Waals surface area contributed by atoms with Gasteiger partial charge in [0.05, 0.1) is 18.4 Å². The molecule has 2 rings (SSSR count). The summed E-state index contributed by atoms with van der Waals surface area (Å²) in [7, 11) is 1.43. The number of amides is 1. The monoisotopic (exact) mass is 401 g/mol. The van der Waals surface area contributed by atoms with E-state index < -0.39 is 24.2 Å². The fraction of sp³-hybridized carbons (Fsp3) is 0.176. The van der Waals surface area contributed by atoms with E-state index in [0.717, 1.165) is 0 Å². The topological polar surface area (TPSA) is 64.6 Å². The molecule has 0 aliphatic rings. The number of methoxy groups -OCH3 is 1. The third-order valence-corrected chi connectivity index (χ3v) is 4.12. The van der Waals surface area contributed by atoms with Crippen LogP contribution >= 0.6 is 23.4 Å². The molecule has 0 aliphatic heterocycles. The standard InChI is InChI=1S/C17H14ClF2NO4S/c1-24-13-7-6-10(18)8-12(13)21-15(22)9-25-16(23)11-4-2-3-5-14(11)26-17(19)20/h2-8,17H,9H2,1H3,(H,21,22). The van der Waals surface area contributed by atoms with Crippen LogP contribution in [-0.2, 0) is 9.53 Å². The molecule has 0 fully saturated rings. The number of carbonyl (C=O) groups excluding carboxylic acids is 2. The summed E-state index contributed by atoms with van der Waals surface area (Å²) in [5, 5.41) is 2.89. The quantitative estimate of drug-likeness (QED) is 0.548. The van der Waals surface area contributed by atoms with Gasteiger partial charge in [0.15, 0.2) is 6.61 Å². The molecule has 0 aromatic heterocycles. The van der Waals surface area contributed by atoms with Gasteiger partial charge in [-0.05, 0) is 30.3 Å². The highest BCUT2D eigenvalue weighted by Crippen LogP contribution is 2.29. The lowest BCUT2D eigenvalue weighted by Crippen LogP contribution is -2.21. The van der Waals surface area contributed by atoms with Crippen molar-refractivity contribution in [3.05, 3.63) is 53.1 Å². The van der Waals surface area contributed by atoms with Crippen LogP contribution < -0.4 is 10.1 Å². The second kappa shape index (κ2) is 9.40. The minimum Gasteiger partial charge on any atom is -0.495 e. The molecular weight excluding hydrogens is 388 g/mol. The minimum atomic E-state index is -2.68. The van der Waals surface area contributed by atoms with Crippen molar-refractivity contribution in [3.8, 4) is 5.75 Å². The number of anilines is 1. The van der Waals surface area contributed by atoms with Crippen LogP contribution in [0.5, 0.6) is 5.75 Å². The molecule has 0 saturated carbocycles. The van der Waals surface area contributed by atoms with Crippen LogP contribution in [0.1, 0.15) is 10.4 Å². The Kier molecular flexibility index (Phi) is 7.23. The van der Waals surface area contributed by atoms with Crippen LogP contribution in [0.4, 0.5) is 14.5 Å². The van der Waals surface area contributed by atoms with Crippen LogP contribution in [0.25, 0.3) is 0 Å². The SMILES string of the molecule is COc1ccc(Cl)cc1NC(=O)COC(=O)c1ccccc1SC(F)F. The molecule has 5 nitrogen and oxygen atoms in total. The van der Waals surface area contributed by atoms with Crippen molar-refractivity contribution in [3.63, 3.8) is 0 Å². The maximum atomic E-state index is 12.5. The van der Waals surface area contributed by atoms with Crippen LogP contribution in [0.15, 0.2) is 47.4 Å². The number of hydrogen-bond donors (Lipinski definition) is 1. The summed E-state index contributed by atoms with van der Waals surface area (Å²) >= 11 is 6.10. The average Bonchev–Trinajstić information content (AvgIpc) is 2.60. The zero-order chi connectivity index (χ0) is 19.1. The van der Waals surface area contributed by atoms with Gasteiger partial charge in [0.1, 0.15) is 5.75 Å². The molecule has 1 amide bonds. The van der Waals surface area contributed by atoms with E-state index in [1.54, 1.807) is 12.1 Å². The van der Waals surface area contributed by atoms with Crippen molar-refractivity contribution in [1.82, 2.24) is 0 Å². The minimum absolute atomic E-state index is 0.0362. The second-order valence-corrected chi connectivity index (χ2v) is 6.31. The van der Waals surface area contributed by atoms with Gasteiger partial charge in [0.2, 0.25) is 0 Å². The molecule has 2 aromatic carbocycles. The molecule has 26 heavy (non-hydrogen) atoms. The van der Waals surface area contributed by atoms with E-state index in [9.17, 15) is 18.4 Å². The Labute approximate surface area is 157 Å². The lowest BCUT2D eigenvalue weighted by Gasteiger charge is -2.11. The lowest BCUT2D eigenvalue weighted by molar-refractivity contribution is -0.119. The zero-order valence-corrected chi connectivity index (χ0v) is 15.1. The fourth-order valence-corrected chi connectivity index (χ4v) is 2.81. The highest BCUT2D eigenvalue weighted by molar-refractivity contribution is 7.99. The molecule has 1 N–H and O–H groups in total. The van der Waals surface area contributed by atoms with E-state index in [4.69, 9.17) is 21.1 Å². The Morgan fingerprint density at radius 2 is 1.96 bits per heavy atom. The van der Waals surface area contributed by atoms with Gasteiger partial charge in [0.25, 0.3) is 11.7 Å². The predicted octanol–water partition coefficient (Wildman–Crippen LogP) is 4.46. The smallest absolute Gasteiger partial charge is 0.339 e. The highest BCUT2D eigenvalue weighted by atomic mass is 35.5. The Hall–Kier alpha value is -2.32. The Bertz CT molecular complexity index is 804. The molecule has 0 spiro atoms. The van der Waals surface area contributed by atoms with Crippen molar-refractivity contribution in [1.29, 1.82) is 0 Å². The van der Waals surface area contributed by atoms with Gasteiger partial charge in [-0.1, -0.05) is 35.5 Å². The molecule has 2 aromatic rings. The summed E-state index contributed by atoms with van der Waals surface area (Å²) in [6, 6.07) is 10.4. The summed E-state index contributed by atoms with van der Waals surface area (Å²) in [6.45, 7) is -0.595. The Morgan fingerprint density at radius 1 is 1.23 bits per heavy atom. The number of nitrogens with one attached hydrogen (secondary N) is 1. The molecule has 138 valence electrons. The first kappa shape index (κ1) is 20.0. The number of rotatable bonds is 7. The van der Waals surface area contributed by atoms with Gasteiger partial charge in [-0.15, -0.1) is 0 Å². The Balaban J connectivity index is 2.00. The maximum Gasteiger partial charge on any atom is 0.339 e. The van der Waals surface area contributed by atoms with Gasteiger partial charge in [0, 0.05) is 9.92 Å². The van der Waals surface area contributed by atoms with Gasteiger partial charge in [-0.25, -0.2) is 4.79 Å². The van der Waals surface area contributed by atoms with Crippen LogP contribution in [0, 0.1) is 0 Å². The molecule has 9 heteroatoms. The summed E-state index contributed by atoms with van der Waals surface area (Å²) in [4.78, 5) is 24.1. The second-order valence-electron chi connectivity index (χ2n) is 4.84. The zero-order valence-electron chi connectivity index (χ0n) is 13.5. The number of alkyl halides is 2. The van der Waals surface area contributed by atoms with E-state index >= 15 is 0 Å². The molecular formula is C17H14ClF2NO4S. The summed E-state index contributed by atoms with van der Waals surface area (Å²) < 4.78 is 35.1. The van der Waals surface area contributed by atoms with Crippen LogP contribution in [0.2, 0.25) is 5.02 Å². The molecule has 0 unspecified atom stereocenters. The molecule has 0 heterocycles. The third kappa shape index (κ3) is 5.60. The summed E-state index contributed by atoms with van der Waals surface area (Å²) in [5.74, 6) is -3.80. The molecule has 0 saturated heterocycles. The van der Waals surface area contributed by atoms with Gasteiger partial charge >= 0.3 is 5.97 Å². The molecule has 0 radical (unpaired) electrons. The van der Waals surface area contributed by atoms with E-state index in [1.165, 1.54) is 37.4 Å². The van der Waals surface area contributed by atoms with Crippen molar-refractivity contribution in [2.45, 2.75) is 10.7 Å². The summed E-state index contributed by atoms with van der Waals surface area (Å²) in [5.41, 5.74) is 0.278. The van der Waals surface area contributed by atoms with E-state index in [1.807, 2.05) is 0 Å². The first-order valence-electron chi connectivity index (χ1n) is 7.25. The van der Waals surface area contributed by atoms with Crippen molar-refractivity contribution < 1.29 is 27.8 Å². The van der Waals surface area contributed by atoms with Crippen LogP contribution in [-0.4, -0.2) is 31.4 Å². The number of hydrogen-bond acceptors (Lipinski definition) is 5. The number of halogens is 3.